The number of amidine groups is 2. The summed E-state index contributed by atoms with van der Waals surface area (Å²) in [6, 6.07) is 7.90. The minimum atomic E-state index is -0.907. The number of carbonyl (C=O) groups excluding carboxylic acids is 3. The lowest BCUT2D eigenvalue weighted by Gasteiger charge is -2.26. The maximum Gasteiger partial charge on any atom is 0.445 e. The van der Waals surface area contributed by atoms with Gasteiger partial charge in [0, 0.05) is 6.07 Å². The molecule has 1 unspecified atom stereocenters. The third-order valence-electron chi connectivity index (χ3n) is 5.21. The van der Waals surface area contributed by atoms with Crippen molar-refractivity contribution in [2.24, 2.45) is 15.9 Å². The molecule has 2 aliphatic rings. The molecule has 0 radical (unpaired) electrons. The molecule has 3 heterocycles. The second kappa shape index (κ2) is 9.51. The first kappa shape index (κ1) is 23.2. The molecule has 2 aromatic rings. The molecule has 12 heteroatoms. The molecule has 1 aromatic carbocycles. The van der Waals surface area contributed by atoms with E-state index in [9.17, 15) is 14.4 Å². The van der Waals surface area contributed by atoms with Crippen molar-refractivity contribution in [3.8, 4) is 11.5 Å². The Morgan fingerprint density at radius 2 is 2.03 bits per heavy atom. The Labute approximate surface area is 199 Å². The molecule has 0 saturated carbocycles. The topological polar surface area (TPSA) is 126 Å². The number of anilines is 1. The van der Waals surface area contributed by atoms with E-state index in [1.807, 2.05) is 0 Å². The number of hydrogen-bond acceptors (Lipinski definition) is 9. The summed E-state index contributed by atoms with van der Waals surface area (Å²) in [6.07, 6.45) is 1.47. The quantitative estimate of drug-likeness (QED) is 0.622. The van der Waals surface area contributed by atoms with Gasteiger partial charge in [-0.05, 0) is 24.3 Å². The van der Waals surface area contributed by atoms with E-state index >= 15 is 0 Å². The lowest BCUT2D eigenvalue weighted by atomic mass is 10.0. The highest BCUT2D eigenvalue weighted by atomic mass is 32.2. The first-order valence-corrected chi connectivity index (χ1v) is 11.1. The van der Waals surface area contributed by atoms with Crippen molar-refractivity contribution in [2.45, 2.75) is 0 Å². The van der Waals surface area contributed by atoms with Crippen molar-refractivity contribution >= 4 is 52.0 Å². The van der Waals surface area contributed by atoms with E-state index in [1.54, 1.807) is 30.3 Å². The molecule has 0 spiro atoms. The third-order valence-corrected chi connectivity index (χ3v) is 6.24. The Morgan fingerprint density at radius 3 is 2.71 bits per heavy atom. The number of thioether (sulfide) groups is 1. The number of rotatable bonds is 6. The van der Waals surface area contributed by atoms with Crippen LogP contribution in [0.2, 0.25) is 0 Å². The van der Waals surface area contributed by atoms with Gasteiger partial charge in [0.05, 0.1) is 46.0 Å². The van der Waals surface area contributed by atoms with Crippen molar-refractivity contribution < 1.29 is 32.9 Å². The number of furan rings is 1. The van der Waals surface area contributed by atoms with E-state index in [0.29, 0.717) is 28.0 Å². The summed E-state index contributed by atoms with van der Waals surface area (Å²) in [6.45, 7) is 0. The van der Waals surface area contributed by atoms with E-state index in [4.69, 9.17) is 13.9 Å². The number of benzene rings is 1. The summed E-state index contributed by atoms with van der Waals surface area (Å²) in [7, 11) is 5.95. The Kier molecular flexibility index (Phi) is 6.50. The number of nitrogens with one attached hydrogen (secondary N) is 1. The standard InChI is InChI=1S/C22H21N5O6S/c1-26-19-17(21(29)27(2)22(26)30)20(25-18(24-19)15-6-5-9-33-15)34-11-16(28)23-13-10-12(31-3)7-8-14(13)32-4/h5-10,17H,11H2,1-4H3/p+1. The number of nitrogens with zero attached hydrogens (tertiary/aromatic N) is 4. The first-order chi connectivity index (χ1) is 16.3. The summed E-state index contributed by atoms with van der Waals surface area (Å²) in [5.74, 6) is 0.0762. The van der Waals surface area contributed by atoms with Gasteiger partial charge in [-0.15, -0.1) is 0 Å². The highest BCUT2D eigenvalue weighted by Gasteiger charge is 2.49. The number of aliphatic imine (C=N–C) groups is 2. The van der Waals surface area contributed by atoms with Gasteiger partial charge >= 0.3 is 11.9 Å². The molecular formula is C22H22N5O6S+. The molecule has 4 rings (SSSR count). The Balaban J connectivity index is 1.60. The highest BCUT2D eigenvalue weighted by molar-refractivity contribution is 8.14. The lowest BCUT2D eigenvalue weighted by Crippen LogP contribution is -2.54. The number of hydrogen-bond donors (Lipinski definition) is 1. The van der Waals surface area contributed by atoms with Crippen LogP contribution in [-0.4, -0.2) is 78.1 Å². The molecule has 0 saturated heterocycles. The smallest absolute Gasteiger partial charge is 0.445 e. The van der Waals surface area contributed by atoms with Crippen molar-refractivity contribution in [3.63, 3.8) is 0 Å². The van der Waals surface area contributed by atoms with E-state index in [2.05, 4.69) is 15.3 Å². The number of ether oxygens (including phenoxy) is 2. The van der Waals surface area contributed by atoms with Crippen LogP contribution in [0.5, 0.6) is 11.5 Å². The van der Waals surface area contributed by atoms with Crippen molar-refractivity contribution in [3.05, 3.63) is 42.4 Å². The number of amides is 4. The van der Waals surface area contributed by atoms with Gasteiger partial charge in [0.2, 0.25) is 5.91 Å². The molecule has 0 bridgehead atoms. The number of carbonyl (C=O) groups is 3. The number of imide groups is 1. The molecule has 0 fully saturated rings. The van der Waals surface area contributed by atoms with Gasteiger partial charge < -0.3 is 19.2 Å². The summed E-state index contributed by atoms with van der Waals surface area (Å²) in [4.78, 5) is 48.1. The Bertz CT molecular complexity index is 1250. The zero-order chi connectivity index (χ0) is 24.4. The van der Waals surface area contributed by atoms with Gasteiger partial charge in [0.25, 0.3) is 11.7 Å². The van der Waals surface area contributed by atoms with E-state index in [1.165, 1.54) is 39.2 Å². The lowest BCUT2D eigenvalue weighted by molar-refractivity contribution is -0.407. The fourth-order valence-corrected chi connectivity index (χ4v) is 4.32. The Morgan fingerprint density at radius 1 is 1.24 bits per heavy atom. The molecular weight excluding hydrogens is 462 g/mol. The third kappa shape index (κ3) is 4.31. The summed E-state index contributed by atoms with van der Waals surface area (Å²) < 4.78 is 17.2. The molecule has 4 amide bonds. The summed E-state index contributed by atoms with van der Waals surface area (Å²) in [5, 5.41) is 3.12. The molecule has 34 heavy (non-hydrogen) atoms. The predicted molar refractivity (Wildman–Crippen MR) is 126 cm³/mol. The number of urea groups is 1. The fraction of sp³-hybridized carbons (Fsp3) is 0.273. The average Bonchev–Trinajstić information content (AvgIpc) is 3.39. The zero-order valence-electron chi connectivity index (χ0n) is 18.9. The Hall–Kier alpha value is -3.93. The van der Waals surface area contributed by atoms with Gasteiger partial charge in [-0.1, -0.05) is 16.8 Å². The number of methoxy groups -OCH3 is 2. The fourth-order valence-electron chi connectivity index (χ4n) is 3.44. The van der Waals surface area contributed by atoms with Crippen LogP contribution in [0.3, 0.4) is 0 Å². The molecule has 1 aromatic heterocycles. The molecule has 1 atom stereocenters. The molecule has 0 aliphatic carbocycles. The van der Waals surface area contributed by atoms with Crippen LogP contribution in [0.25, 0.3) is 0 Å². The molecule has 2 aliphatic heterocycles. The van der Waals surface area contributed by atoms with Crippen LogP contribution in [0.1, 0.15) is 5.76 Å². The zero-order valence-corrected chi connectivity index (χ0v) is 19.7. The van der Waals surface area contributed by atoms with Gasteiger partial charge in [0.1, 0.15) is 16.5 Å². The van der Waals surface area contributed by atoms with Crippen LogP contribution in [0.15, 0.2) is 51.0 Å². The average molecular weight is 485 g/mol. The second-order valence-electron chi connectivity index (χ2n) is 7.30. The normalized spacial score (nSPS) is 17.8. The van der Waals surface area contributed by atoms with Gasteiger partial charge in [-0.3, -0.25) is 9.59 Å². The summed E-state index contributed by atoms with van der Waals surface area (Å²) in [5.41, 5.74) is 0.446. The van der Waals surface area contributed by atoms with Crippen LogP contribution in [0.4, 0.5) is 10.5 Å². The SMILES string of the molecule is COc1ccc(OC)c(NC(=O)CSC2=NC(c3ccco3)=NC3=[N+](C)C(=O)N(C)C(=O)C23)c1. The van der Waals surface area contributed by atoms with E-state index in [0.717, 1.165) is 16.7 Å². The van der Waals surface area contributed by atoms with Gasteiger partial charge in [-0.25, -0.2) is 9.79 Å². The van der Waals surface area contributed by atoms with Crippen LogP contribution in [-0.2, 0) is 9.59 Å². The van der Waals surface area contributed by atoms with Crippen LogP contribution in [0, 0.1) is 5.92 Å². The number of fused-ring (bicyclic) bond motifs is 1. The van der Waals surface area contributed by atoms with Gasteiger partial charge in [0.15, 0.2) is 11.7 Å². The maximum absolute atomic E-state index is 12.9. The maximum atomic E-state index is 12.9. The first-order valence-electron chi connectivity index (χ1n) is 10.1. The van der Waals surface area contributed by atoms with Crippen LogP contribution < -0.4 is 14.8 Å². The predicted octanol–water partition coefficient (Wildman–Crippen LogP) is 2.08. The van der Waals surface area contributed by atoms with Gasteiger partial charge in [-0.2, -0.15) is 9.48 Å². The molecule has 176 valence electrons. The second-order valence-corrected chi connectivity index (χ2v) is 8.29. The van der Waals surface area contributed by atoms with E-state index < -0.39 is 17.9 Å². The van der Waals surface area contributed by atoms with E-state index in [-0.39, 0.29) is 23.3 Å². The largest absolute Gasteiger partial charge is 0.497 e. The van der Waals surface area contributed by atoms with Crippen molar-refractivity contribution in [1.82, 2.24) is 4.90 Å². The van der Waals surface area contributed by atoms with Crippen molar-refractivity contribution in [1.29, 1.82) is 0 Å². The minimum absolute atomic E-state index is 0.0525. The molecule has 1 N–H and O–H groups in total. The molecule has 11 nitrogen and oxygen atoms in total. The highest BCUT2D eigenvalue weighted by Crippen LogP contribution is 2.30. The minimum Gasteiger partial charge on any atom is -0.497 e. The summed E-state index contributed by atoms with van der Waals surface area (Å²) >= 11 is 1.08. The van der Waals surface area contributed by atoms with Crippen LogP contribution >= 0.6 is 11.8 Å². The monoisotopic (exact) mass is 484 g/mol. The van der Waals surface area contributed by atoms with Crippen molar-refractivity contribution in [2.75, 3.05) is 39.4 Å².